The zero-order valence-electron chi connectivity index (χ0n) is 58.9. The highest BCUT2D eigenvalue weighted by atomic mass is 16.5. The molecule has 426 valence electrons. The molecule has 1 aliphatic heterocycles. The maximum Gasteiger partial charge on any atom is 0.143 e. The van der Waals surface area contributed by atoms with Gasteiger partial charge in [0.1, 0.15) is 35.5 Å². The molecule has 16 rings (SSSR count). The second-order valence-electron chi connectivity index (χ2n) is 23.2. The minimum Gasteiger partial charge on any atom is -0.457 e. The molecule has 7 heteroatoms. The Kier molecular flexibility index (Phi) is 10.6. The van der Waals surface area contributed by atoms with Crippen molar-refractivity contribution in [1.82, 2.24) is 14.1 Å². The van der Waals surface area contributed by atoms with Crippen molar-refractivity contribution >= 4 is 66.4 Å². The second kappa shape index (κ2) is 21.8. The van der Waals surface area contributed by atoms with Crippen molar-refractivity contribution < 1.29 is 23.2 Å². The van der Waals surface area contributed by atoms with Crippen LogP contribution < -0.4 is 19.3 Å². The number of benzene rings is 12. The highest BCUT2D eigenvalue weighted by Gasteiger charge is 2.33. The Balaban J connectivity index is 0.804. The summed E-state index contributed by atoms with van der Waals surface area (Å²) in [5.41, 5.74) is 11.9. The number of para-hydroxylation sites is 6. The predicted octanol–water partition coefficient (Wildman–Crippen LogP) is 22.1. The predicted molar refractivity (Wildman–Crippen MR) is 368 cm³/mol. The minimum absolute atomic E-state index is 0.0741. The van der Waals surface area contributed by atoms with Gasteiger partial charge >= 0.3 is 0 Å². The summed E-state index contributed by atoms with van der Waals surface area (Å²) in [7, 11) is 0. The van der Waals surface area contributed by atoms with E-state index in [1.54, 1.807) is 24.4 Å². The van der Waals surface area contributed by atoms with Gasteiger partial charge in [-0.1, -0.05) is 227 Å². The average molecular weight is 1160 g/mol. The molecule has 0 fully saturated rings. The van der Waals surface area contributed by atoms with Crippen molar-refractivity contribution in [1.29, 1.82) is 0 Å². The van der Waals surface area contributed by atoms with E-state index < -0.39 is 65.8 Å². The maximum atomic E-state index is 9.22. The molecule has 0 aliphatic carbocycles. The van der Waals surface area contributed by atoms with Crippen LogP contribution in [0.15, 0.2) is 303 Å². The highest BCUT2D eigenvalue weighted by Crippen LogP contribution is 2.52. The second-order valence-corrected chi connectivity index (χ2v) is 23.2. The van der Waals surface area contributed by atoms with E-state index in [2.05, 4.69) is 168 Å². The molecule has 0 N–H and O–H groups in total. The lowest BCUT2D eigenvalue weighted by atomic mass is 9.86. The number of hydrogen-bond donors (Lipinski definition) is 0. The normalized spacial score (nSPS) is 13.9. The van der Waals surface area contributed by atoms with Gasteiger partial charge in [-0.15, -0.1) is 0 Å². The van der Waals surface area contributed by atoms with Crippen LogP contribution in [0.2, 0.25) is 0 Å². The number of nitrogens with zero attached hydrogens (tertiary/aromatic N) is 5. The first-order chi connectivity index (χ1) is 47.9. The van der Waals surface area contributed by atoms with Crippen molar-refractivity contribution in [3.8, 4) is 79.0 Å². The molecule has 89 heavy (non-hydrogen) atoms. The number of anilines is 4. The van der Waals surface area contributed by atoms with E-state index >= 15 is 0 Å². The Bertz CT molecular complexity index is 5550. The fraction of sp³-hybridized carbons (Fsp3) is 0.0610. The zero-order valence-corrected chi connectivity index (χ0v) is 48.9. The van der Waals surface area contributed by atoms with Crippen molar-refractivity contribution in [3.05, 3.63) is 309 Å². The monoisotopic (exact) mass is 1160 g/mol. The molecule has 1 aliphatic rings. The molecular weight excluding hydrogens is 1090 g/mol. The number of hydrogen-bond acceptors (Lipinski definition) is 5. The zero-order chi connectivity index (χ0) is 68.3. The SMILES string of the molecule is [2H]c1c([2H])c([2H])c(-c2cccc(-c3c([2H])c([2H])c([2H])c([2H])c3[2H])c2N2CN(c3cc(Oc4ccc5c6ccccc6n(-c6cc(Oc7c(-c8ccccc8)cc(-n8c9ccccc9c9ccccc98)cc7-c7ccccc7)ccn6)c5c4)cc(C(C)(C)C)c3)c3ccccc32)c([2H])c1[2H]. The van der Waals surface area contributed by atoms with E-state index in [-0.39, 0.29) is 34.6 Å². The first-order valence-corrected chi connectivity index (χ1v) is 29.6. The van der Waals surface area contributed by atoms with Crippen molar-refractivity contribution in [3.63, 3.8) is 0 Å². The number of pyridine rings is 1. The van der Waals surface area contributed by atoms with E-state index in [4.69, 9.17) is 22.7 Å². The van der Waals surface area contributed by atoms with Gasteiger partial charge in [-0.2, -0.15) is 0 Å². The van der Waals surface area contributed by atoms with Gasteiger partial charge in [0.15, 0.2) is 0 Å². The molecule has 0 bridgehead atoms. The van der Waals surface area contributed by atoms with Gasteiger partial charge in [0.2, 0.25) is 0 Å². The van der Waals surface area contributed by atoms with Crippen LogP contribution in [0.4, 0.5) is 22.7 Å². The summed E-state index contributed by atoms with van der Waals surface area (Å²) >= 11 is 0. The lowest BCUT2D eigenvalue weighted by Gasteiger charge is -2.28. The van der Waals surface area contributed by atoms with Crippen LogP contribution in [0.25, 0.3) is 99.6 Å². The number of rotatable bonds is 12. The van der Waals surface area contributed by atoms with Crippen LogP contribution in [0.3, 0.4) is 0 Å². The van der Waals surface area contributed by atoms with Gasteiger partial charge in [0, 0.05) is 79.6 Å². The van der Waals surface area contributed by atoms with Crippen molar-refractivity contribution in [2.75, 3.05) is 16.5 Å². The summed E-state index contributed by atoms with van der Waals surface area (Å²) in [4.78, 5) is 9.08. The summed E-state index contributed by atoms with van der Waals surface area (Å²) < 4.78 is 108. The van der Waals surface area contributed by atoms with Gasteiger partial charge in [0.05, 0.1) is 52.8 Å². The third-order valence-electron chi connectivity index (χ3n) is 16.8. The van der Waals surface area contributed by atoms with Crippen LogP contribution in [-0.2, 0) is 5.41 Å². The lowest BCUT2D eigenvalue weighted by molar-refractivity contribution is 0.479. The summed E-state index contributed by atoms with van der Waals surface area (Å²) in [5.74, 6) is 2.98. The van der Waals surface area contributed by atoms with Gasteiger partial charge in [-0.25, -0.2) is 4.98 Å². The maximum absolute atomic E-state index is 9.22. The first-order valence-electron chi connectivity index (χ1n) is 34.6. The Morgan fingerprint density at radius 2 is 0.899 bits per heavy atom. The highest BCUT2D eigenvalue weighted by molar-refractivity contribution is 6.11. The van der Waals surface area contributed by atoms with E-state index in [0.29, 0.717) is 34.5 Å². The lowest BCUT2D eigenvalue weighted by Crippen LogP contribution is -2.25. The van der Waals surface area contributed by atoms with Crippen LogP contribution in [0.1, 0.15) is 40.0 Å². The molecule has 0 radical (unpaired) electrons. The Labute approximate surface area is 531 Å². The third-order valence-corrected chi connectivity index (χ3v) is 16.8. The first kappa shape index (κ1) is 43.2. The van der Waals surface area contributed by atoms with Crippen LogP contribution in [0.5, 0.6) is 23.0 Å². The molecule has 0 saturated heterocycles. The molecule has 0 spiro atoms. The number of aromatic nitrogens is 3. The van der Waals surface area contributed by atoms with E-state index in [9.17, 15) is 5.48 Å². The molecule has 0 amide bonds. The van der Waals surface area contributed by atoms with Gasteiger partial charge in [-0.05, 0) is 106 Å². The molecule has 3 aromatic heterocycles. The largest absolute Gasteiger partial charge is 0.457 e. The van der Waals surface area contributed by atoms with Crippen LogP contribution in [0, 0.1) is 0 Å². The quantitative estimate of drug-likeness (QED) is 0.122. The summed E-state index contributed by atoms with van der Waals surface area (Å²) in [6.07, 6.45) is 1.78. The molecule has 4 heterocycles. The van der Waals surface area contributed by atoms with Crippen molar-refractivity contribution in [2.45, 2.75) is 26.2 Å². The third kappa shape index (κ3) is 9.52. The van der Waals surface area contributed by atoms with E-state index in [0.717, 1.165) is 77.7 Å². The Morgan fingerprint density at radius 1 is 0.382 bits per heavy atom. The molecule has 12 aromatic carbocycles. The van der Waals surface area contributed by atoms with Gasteiger partial charge in [-0.3, -0.25) is 4.57 Å². The standard InChI is InChI=1S/C82H61N5O2/c1-82(2,3)59-47-60(84-54-85(77-42-23-22-41-76(77)84)80-65(55-25-8-4-9-26-55)36-24-37-66(80)56-27-10-5-11-28-56)49-64(48-59)88-62-43-44-70-69-35-18-21-40-75(69)87(78(70)52-62)79-53-63(45-46-83-79)89-81-71(57-29-12-6-13-30-57)50-61(51-72(81)58-31-14-7-15-32-58)86-73-38-19-16-33-67(73)68-34-17-20-39-74(68)86/h4-53H,54H2,1-3H3/i4D,5D,8D,9D,10D,11D,25D,26D,27D,28D. The summed E-state index contributed by atoms with van der Waals surface area (Å²) in [5, 5.41) is 4.33. The average Bonchev–Trinajstić information content (AvgIpc) is 1.70. The van der Waals surface area contributed by atoms with E-state index in [1.165, 1.54) is 10.8 Å². The number of ether oxygens (including phenoxy) is 2. The van der Waals surface area contributed by atoms with Gasteiger partial charge < -0.3 is 23.8 Å². The molecular formula is C82H61N5O2. The molecule has 0 atom stereocenters. The van der Waals surface area contributed by atoms with Crippen LogP contribution in [-0.4, -0.2) is 20.8 Å². The Morgan fingerprint density at radius 3 is 1.48 bits per heavy atom. The molecule has 15 aromatic rings. The fourth-order valence-electron chi connectivity index (χ4n) is 12.7. The Hall–Kier alpha value is -11.4. The topological polar surface area (TPSA) is 47.7 Å². The molecule has 7 nitrogen and oxygen atoms in total. The van der Waals surface area contributed by atoms with E-state index in [1.807, 2.05) is 89.8 Å². The number of fused-ring (bicyclic) bond motifs is 7. The summed E-state index contributed by atoms with van der Waals surface area (Å²) in [6, 6.07) is 74.1. The smallest absolute Gasteiger partial charge is 0.143 e. The molecule has 0 unspecified atom stereocenters. The minimum atomic E-state index is -0.562. The van der Waals surface area contributed by atoms with Crippen molar-refractivity contribution in [2.24, 2.45) is 0 Å². The molecule has 0 saturated carbocycles. The van der Waals surface area contributed by atoms with Gasteiger partial charge in [0.25, 0.3) is 0 Å². The van der Waals surface area contributed by atoms with Crippen LogP contribution >= 0.6 is 0 Å². The summed E-state index contributed by atoms with van der Waals surface area (Å²) in [6.45, 7) is 6.46. The fourth-order valence-corrected chi connectivity index (χ4v) is 12.7.